The number of halogens is 1. The molecule has 1 aliphatic rings. The first kappa shape index (κ1) is 19.4. The molecule has 6 nitrogen and oxygen atoms in total. The molecule has 0 saturated carbocycles. The van der Waals surface area contributed by atoms with E-state index in [0.717, 1.165) is 4.47 Å². The van der Waals surface area contributed by atoms with Gasteiger partial charge in [0.15, 0.2) is 0 Å². The third-order valence-corrected chi connectivity index (χ3v) is 5.93. The molecule has 0 unspecified atom stereocenters. The highest BCUT2D eigenvalue weighted by Crippen LogP contribution is 2.21. The molecule has 1 heterocycles. The zero-order chi connectivity index (χ0) is 18.0. The topological polar surface area (TPSA) is 66.9 Å². The first-order chi connectivity index (χ1) is 11.1. The molecule has 0 radical (unpaired) electrons. The Morgan fingerprint density at radius 1 is 1.21 bits per heavy atom. The Balaban J connectivity index is 1.94. The number of benzene rings is 1. The monoisotopic (exact) mass is 418 g/mol. The summed E-state index contributed by atoms with van der Waals surface area (Å²) in [5, 5.41) is 0. The number of carbonyl (C=O) groups is 1. The van der Waals surface area contributed by atoms with Gasteiger partial charge in [-0.3, -0.25) is 9.69 Å². The van der Waals surface area contributed by atoms with Gasteiger partial charge in [0.2, 0.25) is 10.0 Å². The number of carbonyl (C=O) groups excluding carboxylic acids is 1. The van der Waals surface area contributed by atoms with E-state index in [1.165, 1.54) is 4.31 Å². The van der Waals surface area contributed by atoms with Gasteiger partial charge in [-0.2, -0.15) is 4.31 Å². The number of piperazine rings is 1. The number of sulfonamides is 1. The Hall–Kier alpha value is -0.960. The number of hydrogen-bond donors (Lipinski definition) is 0. The standard InChI is InChI=1S/C16H23BrN2O4S/c1-16(2,3)23-15(20)12-18-7-9-19(10-8-18)24(21,22)14-6-4-5-13(17)11-14/h4-6,11H,7-10,12H2,1-3H3. The van der Waals surface area contributed by atoms with E-state index in [4.69, 9.17) is 4.74 Å². The molecule has 8 heteroatoms. The van der Waals surface area contributed by atoms with Crippen LogP contribution in [0.3, 0.4) is 0 Å². The lowest BCUT2D eigenvalue weighted by molar-refractivity contribution is -0.156. The first-order valence-corrected chi connectivity index (χ1v) is 10.0. The lowest BCUT2D eigenvalue weighted by Gasteiger charge is -2.33. The summed E-state index contributed by atoms with van der Waals surface area (Å²) in [5.41, 5.74) is -0.511. The van der Waals surface area contributed by atoms with Crippen molar-refractivity contribution in [2.75, 3.05) is 32.7 Å². The van der Waals surface area contributed by atoms with Crippen LogP contribution in [-0.4, -0.2) is 61.9 Å². The number of ether oxygens (including phenoxy) is 1. The maximum absolute atomic E-state index is 12.7. The van der Waals surface area contributed by atoms with Gasteiger partial charge in [0.1, 0.15) is 5.60 Å². The molecule has 0 amide bonds. The van der Waals surface area contributed by atoms with Crippen LogP contribution >= 0.6 is 15.9 Å². The molecule has 1 aromatic carbocycles. The molecule has 0 spiro atoms. The fraction of sp³-hybridized carbons (Fsp3) is 0.562. The largest absolute Gasteiger partial charge is 0.459 e. The second-order valence-corrected chi connectivity index (χ2v) is 9.58. The average Bonchev–Trinajstić information content (AvgIpc) is 2.45. The van der Waals surface area contributed by atoms with Crippen LogP contribution in [0, 0.1) is 0 Å². The summed E-state index contributed by atoms with van der Waals surface area (Å²) in [6.07, 6.45) is 0. The molecule has 0 atom stereocenters. The highest BCUT2D eigenvalue weighted by Gasteiger charge is 2.29. The van der Waals surface area contributed by atoms with E-state index in [2.05, 4.69) is 15.9 Å². The van der Waals surface area contributed by atoms with Gasteiger partial charge in [0, 0.05) is 30.7 Å². The minimum absolute atomic E-state index is 0.183. The van der Waals surface area contributed by atoms with Gasteiger partial charge in [-0.05, 0) is 39.0 Å². The second-order valence-electron chi connectivity index (χ2n) is 6.72. The predicted molar refractivity (Wildman–Crippen MR) is 95.2 cm³/mol. The van der Waals surface area contributed by atoms with E-state index >= 15 is 0 Å². The normalized spacial score (nSPS) is 17.7. The molecule has 1 fully saturated rings. The molecule has 0 bridgehead atoms. The van der Waals surface area contributed by atoms with E-state index in [9.17, 15) is 13.2 Å². The first-order valence-electron chi connectivity index (χ1n) is 7.78. The van der Waals surface area contributed by atoms with Crippen LogP contribution in [0.5, 0.6) is 0 Å². The van der Waals surface area contributed by atoms with Crippen molar-refractivity contribution < 1.29 is 17.9 Å². The zero-order valence-electron chi connectivity index (χ0n) is 14.2. The maximum atomic E-state index is 12.7. The fourth-order valence-corrected chi connectivity index (χ4v) is 4.48. The lowest BCUT2D eigenvalue weighted by Crippen LogP contribution is -2.50. The van der Waals surface area contributed by atoms with Crippen LogP contribution < -0.4 is 0 Å². The Kier molecular flexibility index (Phi) is 6.06. The summed E-state index contributed by atoms with van der Waals surface area (Å²) in [4.78, 5) is 14.1. The molecule has 1 saturated heterocycles. The molecular weight excluding hydrogens is 396 g/mol. The van der Waals surface area contributed by atoms with Crippen molar-refractivity contribution in [1.29, 1.82) is 0 Å². The minimum Gasteiger partial charge on any atom is -0.459 e. The quantitative estimate of drug-likeness (QED) is 0.700. The Labute approximate surface area is 151 Å². The molecule has 1 aliphatic heterocycles. The third kappa shape index (κ3) is 5.27. The van der Waals surface area contributed by atoms with E-state index in [1.54, 1.807) is 24.3 Å². The van der Waals surface area contributed by atoms with Crippen molar-refractivity contribution in [3.8, 4) is 0 Å². The van der Waals surface area contributed by atoms with Crippen molar-refractivity contribution in [2.45, 2.75) is 31.3 Å². The number of rotatable bonds is 4. The van der Waals surface area contributed by atoms with Crippen molar-refractivity contribution in [3.63, 3.8) is 0 Å². The number of nitrogens with zero attached hydrogens (tertiary/aromatic N) is 2. The number of hydrogen-bond acceptors (Lipinski definition) is 5. The Morgan fingerprint density at radius 2 is 1.83 bits per heavy atom. The highest BCUT2D eigenvalue weighted by atomic mass is 79.9. The summed E-state index contributed by atoms with van der Waals surface area (Å²) >= 11 is 3.30. The molecule has 0 N–H and O–H groups in total. The van der Waals surface area contributed by atoms with Gasteiger partial charge in [0.05, 0.1) is 11.4 Å². The summed E-state index contributed by atoms with van der Waals surface area (Å²) in [5.74, 6) is -0.286. The molecule has 0 aromatic heterocycles. The van der Waals surface area contributed by atoms with E-state index in [-0.39, 0.29) is 17.4 Å². The van der Waals surface area contributed by atoms with Crippen LogP contribution in [0.2, 0.25) is 0 Å². The van der Waals surface area contributed by atoms with E-state index < -0.39 is 15.6 Å². The zero-order valence-corrected chi connectivity index (χ0v) is 16.6. The summed E-state index contributed by atoms with van der Waals surface area (Å²) in [6.45, 7) is 7.39. The lowest BCUT2D eigenvalue weighted by atomic mass is 10.2. The van der Waals surface area contributed by atoms with Crippen LogP contribution in [-0.2, 0) is 19.6 Å². The van der Waals surface area contributed by atoms with Crippen molar-refractivity contribution in [2.24, 2.45) is 0 Å². The van der Waals surface area contributed by atoms with Gasteiger partial charge >= 0.3 is 5.97 Å². The van der Waals surface area contributed by atoms with Crippen molar-refractivity contribution in [1.82, 2.24) is 9.21 Å². The summed E-state index contributed by atoms with van der Waals surface area (Å²) < 4.78 is 32.8. The summed E-state index contributed by atoms with van der Waals surface area (Å²) in [7, 11) is -3.50. The minimum atomic E-state index is -3.50. The maximum Gasteiger partial charge on any atom is 0.320 e. The van der Waals surface area contributed by atoms with Gasteiger partial charge in [0.25, 0.3) is 0 Å². The highest BCUT2D eigenvalue weighted by molar-refractivity contribution is 9.10. The average molecular weight is 419 g/mol. The molecule has 0 aliphatic carbocycles. The predicted octanol–water partition coefficient (Wildman–Crippen LogP) is 2.10. The summed E-state index contributed by atoms with van der Waals surface area (Å²) in [6, 6.07) is 6.68. The molecule has 2 rings (SSSR count). The van der Waals surface area contributed by atoms with Gasteiger partial charge in [-0.15, -0.1) is 0 Å². The van der Waals surface area contributed by atoms with Crippen LogP contribution in [0.25, 0.3) is 0 Å². The smallest absolute Gasteiger partial charge is 0.320 e. The van der Waals surface area contributed by atoms with Gasteiger partial charge < -0.3 is 4.74 Å². The molecule has 134 valence electrons. The van der Waals surface area contributed by atoms with E-state index in [1.807, 2.05) is 25.7 Å². The molecule has 1 aromatic rings. The molecule has 24 heavy (non-hydrogen) atoms. The van der Waals surface area contributed by atoms with Crippen molar-refractivity contribution >= 4 is 31.9 Å². The third-order valence-electron chi connectivity index (χ3n) is 3.54. The fourth-order valence-electron chi connectivity index (χ4n) is 2.46. The van der Waals surface area contributed by atoms with Crippen molar-refractivity contribution in [3.05, 3.63) is 28.7 Å². The SMILES string of the molecule is CC(C)(C)OC(=O)CN1CCN(S(=O)(=O)c2cccc(Br)c2)CC1. The number of esters is 1. The Bertz CT molecular complexity index is 692. The van der Waals surface area contributed by atoms with Gasteiger partial charge in [-0.25, -0.2) is 8.42 Å². The van der Waals surface area contributed by atoms with Gasteiger partial charge in [-0.1, -0.05) is 22.0 Å². The van der Waals surface area contributed by atoms with Crippen LogP contribution in [0.4, 0.5) is 0 Å². The Morgan fingerprint density at radius 3 is 2.38 bits per heavy atom. The second kappa shape index (κ2) is 7.51. The molecular formula is C16H23BrN2O4S. The van der Waals surface area contributed by atoms with Crippen LogP contribution in [0.15, 0.2) is 33.6 Å². The van der Waals surface area contributed by atoms with E-state index in [0.29, 0.717) is 26.2 Å². The van der Waals surface area contributed by atoms with Crippen LogP contribution in [0.1, 0.15) is 20.8 Å².